The molecule has 0 spiro atoms. The highest BCUT2D eigenvalue weighted by atomic mass is 35.5. The molecule has 0 fully saturated rings. The SMILES string of the molecule is CC(=O)c1nn(-c2c(Cl)cc(C(F)(F)F)cc2Cl)c(C)c1S(C)=O. The number of ketones is 1. The van der Waals surface area contributed by atoms with Gasteiger partial charge in [-0.05, 0) is 19.1 Å². The van der Waals surface area contributed by atoms with E-state index in [4.69, 9.17) is 23.2 Å². The van der Waals surface area contributed by atoms with Crippen LogP contribution in [-0.2, 0) is 17.0 Å². The van der Waals surface area contributed by atoms with Gasteiger partial charge in [-0.3, -0.25) is 9.00 Å². The van der Waals surface area contributed by atoms with E-state index >= 15 is 0 Å². The molecule has 4 nitrogen and oxygen atoms in total. The number of rotatable bonds is 3. The lowest BCUT2D eigenvalue weighted by atomic mass is 10.2. The fourth-order valence-corrected chi connectivity index (χ4v) is 3.82. The van der Waals surface area contributed by atoms with Crippen molar-refractivity contribution in [3.63, 3.8) is 0 Å². The Kier molecular flexibility index (Phi) is 5.13. The number of hydrogen-bond donors (Lipinski definition) is 0. The molecule has 1 aromatic heterocycles. The van der Waals surface area contributed by atoms with Gasteiger partial charge < -0.3 is 0 Å². The van der Waals surface area contributed by atoms with Gasteiger partial charge in [0.25, 0.3) is 0 Å². The fraction of sp³-hybridized carbons (Fsp3) is 0.286. The summed E-state index contributed by atoms with van der Waals surface area (Å²) in [6.07, 6.45) is -3.23. The average molecular weight is 399 g/mol. The van der Waals surface area contributed by atoms with Gasteiger partial charge in [0.1, 0.15) is 11.4 Å². The second-order valence-electron chi connectivity index (χ2n) is 4.97. The topological polar surface area (TPSA) is 52.0 Å². The third kappa shape index (κ3) is 3.36. The number of alkyl halides is 3. The Morgan fingerprint density at radius 2 is 1.75 bits per heavy atom. The Bertz CT molecular complexity index is 839. The van der Waals surface area contributed by atoms with Gasteiger partial charge in [-0.1, -0.05) is 23.2 Å². The van der Waals surface area contributed by atoms with Gasteiger partial charge in [-0.2, -0.15) is 18.3 Å². The monoisotopic (exact) mass is 398 g/mol. The van der Waals surface area contributed by atoms with Crippen LogP contribution in [0.15, 0.2) is 17.0 Å². The Balaban J connectivity index is 2.77. The predicted octanol–water partition coefficient (Wildman–Crippen LogP) is 4.45. The van der Waals surface area contributed by atoms with Crippen LogP contribution in [0.5, 0.6) is 0 Å². The first-order valence-electron chi connectivity index (χ1n) is 6.45. The van der Waals surface area contributed by atoms with Gasteiger partial charge in [0.15, 0.2) is 5.78 Å². The van der Waals surface area contributed by atoms with Crippen LogP contribution >= 0.6 is 23.2 Å². The zero-order valence-corrected chi connectivity index (χ0v) is 15.0. The van der Waals surface area contributed by atoms with Crippen LogP contribution in [0.25, 0.3) is 5.69 Å². The van der Waals surface area contributed by atoms with Crippen molar-refractivity contribution in [2.45, 2.75) is 24.9 Å². The van der Waals surface area contributed by atoms with Gasteiger partial charge in [-0.15, -0.1) is 0 Å². The normalized spacial score (nSPS) is 13.2. The van der Waals surface area contributed by atoms with E-state index in [0.29, 0.717) is 5.69 Å². The summed E-state index contributed by atoms with van der Waals surface area (Å²) in [5, 5.41) is 3.46. The summed E-state index contributed by atoms with van der Waals surface area (Å²) in [6.45, 7) is 2.78. The van der Waals surface area contributed by atoms with Crippen LogP contribution in [0.3, 0.4) is 0 Å². The number of benzene rings is 1. The van der Waals surface area contributed by atoms with Gasteiger partial charge in [0.05, 0.1) is 37.0 Å². The molecule has 0 saturated heterocycles. The molecule has 1 heterocycles. The zero-order valence-electron chi connectivity index (χ0n) is 12.7. The molecule has 0 amide bonds. The fourth-order valence-electron chi connectivity index (χ4n) is 2.21. The van der Waals surface area contributed by atoms with Crippen molar-refractivity contribution in [2.75, 3.05) is 6.26 Å². The van der Waals surface area contributed by atoms with Crippen LogP contribution in [-0.4, -0.2) is 26.0 Å². The van der Waals surface area contributed by atoms with Crippen molar-refractivity contribution in [1.82, 2.24) is 9.78 Å². The predicted molar refractivity (Wildman–Crippen MR) is 85.7 cm³/mol. The number of carbonyl (C=O) groups is 1. The molecule has 10 heteroatoms. The van der Waals surface area contributed by atoms with E-state index < -0.39 is 28.3 Å². The highest BCUT2D eigenvalue weighted by Crippen LogP contribution is 2.38. The summed E-state index contributed by atoms with van der Waals surface area (Å²) in [5.41, 5.74) is -0.745. The van der Waals surface area contributed by atoms with Gasteiger partial charge in [0, 0.05) is 13.2 Å². The summed E-state index contributed by atoms with van der Waals surface area (Å²) in [5.74, 6) is -0.429. The molecule has 0 saturated carbocycles. The van der Waals surface area contributed by atoms with Gasteiger partial charge in [0.2, 0.25) is 0 Å². The quantitative estimate of drug-likeness (QED) is 0.717. The molecular formula is C14H11Cl2F3N2O2S. The first-order chi connectivity index (χ1) is 10.9. The molecule has 0 aliphatic heterocycles. The van der Waals surface area contributed by atoms with Crippen molar-refractivity contribution in [3.8, 4) is 5.69 Å². The lowest BCUT2D eigenvalue weighted by molar-refractivity contribution is -0.137. The lowest BCUT2D eigenvalue weighted by Gasteiger charge is -2.13. The first-order valence-corrected chi connectivity index (χ1v) is 8.77. The third-order valence-corrected chi connectivity index (χ3v) is 4.88. The smallest absolute Gasteiger partial charge is 0.293 e. The Morgan fingerprint density at radius 1 is 1.25 bits per heavy atom. The minimum absolute atomic E-state index is 0.0111. The summed E-state index contributed by atoms with van der Waals surface area (Å²) >= 11 is 11.9. The molecule has 0 aliphatic carbocycles. The maximum absolute atomic E-state index is 12.8. The van der Waals surface area contributed by atoms with Crippen LogP contribution in [0.4, 0.5) is 13.2 Å². The van der Waals surface area contributed by atoms with E-state index in [9.17, 15) is 22.2 Å². The molecule has 0 aliphatic rings. The largest absolute Gasteiger partial charge is 0.416 e. The molecule has 0 radical (unpaired) electrons. The van der Waals surface area contributed by atoms with E-state index in [-0.39, 0.29) is 26.3 Å². The standard InChI is InChI=1S/C14H11Cl2F3N2O2S/c1-6-13(24(3)23)11(7(2)22)20-21(6)12-9(15)4-8(5-10(12)16)14(17,18)19/h4-5H,1-3H3. The van der Waals surface area contributed by atoms with Crippen molar-refractivity contribution in [2.24, 2.45) is 0 Å². The second kappa shape index (κ2) is 6.50. The number of aromatic nitrogens is 2. The number of Topliss-reactive ketones (excluding diaryl/α,β-unsaturated/α-hetero) is 1. The highest BCUT2D eigenvalue weighted by Gasteiger charge is 2.33. The number of halogens is 5. The third-order valence-electron chi connectivity index (χ3n) is 3.24. The van der Waals surface area contributed by atoms with E-state index in [1.54, 1.807) is 0 Å². The lowest BCUT2D eigenvalue weighted by Crippen LogP contribution is -2.08. The molecule has 0 bridgehead atoms. The minimum Gasteiger partial charge on any atom is -0.293 e. The molecule has 1 unspecified atom stereocenters. The van der Waals surface area contributed by atoms with Crippen molar-refractivity contribution in [3.05, 3.63) is 39.1 Å². The summed E-state index contributed by atoms with van der Waals surface area (Å²) in [7, 11) is -1.53. The number of carbonyl (C=O) groups excluding carboxylic acids is 1. The molecule has 0 N–H and O–H groups in total. The van der Waals surface area contributed by atoms with E-state index in [0.717, 1.165) is 16.8 Å². The molecule has 1 aromatic carbocycles. The second-order valence-corrected chi connectivity index (χ2v) is 7.10. The highest BCUT2D eigenvalue weighted by molar-refractivity contribution is 7.84. The van der Waals surface area contributed by atoms with Crippen molar-refractivity contribution in [1.29, 1.82) is 0 Å². The van der Waals surface area contributed by atoms with E-state index in [1.165, 1.54) is 20.1 Å². The summed E-state index contributed by atoms with van der Waals surface area (Å²) in [6, 6.07) is 1.44. The molecule has 2 aromatic rings. The number of nitrogens with zero attached hydrogens (tertiary/aromatic N) is 2. The minimum atomic E-state index is -4.61. The van der Waals surface area contributed by atoms with Crippen molar-refractivity contribution >= 4 is 39.8 Å². The van der Waals surface area contributed by atoms with Crippen molar-refractivity contribution < 1.29 is 22.2 Å². The summed E-state index contributed by atoms with van der Waals surface area (Å²) in [4.78, 5) is 11.9. The van der Waals surface area contributed by atoms with E-state index in [1.807, 2.05) is 0 Å². The molecule has 130 valence electrons. The van der Waals surface area contributed by atoms with Gasteiger partial charge >= 0.3 is 6.18 Å². The first kappa shape index (κ1) is 19.0. The Morgan fingerprint density at radius 3 is 2.08 bits per heavy atom. The average Bonchev–Trinajstić information content (AvgIpc) is 2.75. The van der Waals surface area contributed by atoms with Crippen LogP contribution in [0.1, 0.15) is 28.7 Å². The zero-order chi connectivity index (χ0) is 18.4. The van der Waals surface area contributed by atoms with Gasteiger partial charge in [-0.25, -0.2) is 4.68 Å². The Hall–Kier alpha value is -1.38. The molecule has 1 atom stereocenters. The van der Waals surface area contributed by atoms with E-state index in [2.05, 4.69) is 5.10 Å². The van der Waals surface area contributed by atoms with Crippen LogP contribution in [0.2, 0.25) is 10.0 Å². The van der Waals surface area contributed by atoms with Crippen LogP contribution < -0.4 is 0 Å². The molecule has 2 rings (SSSR count). The maximum Gasteiger partial charge on any atom is 0.416 e. The molecule has 24 heavy (non-hydrogen) atoms. The maximum atomic E-state index is 12.8. The molecular weight excluding hydrogens is 388 g/mol. The van der Waals surface area contributed by atoms with Crippen LogP contribution in [0, 0.1) is 6.92 Å². The summed E-state index contributed by atoms with van der Waals surface area (Å²) < 4.78 is 51.5. The Labute approximate surface area is 148 Å². The number of hydrogen-bond acceptors (Lipinski definition) is 3.